The van der Waals surface area contributed by atoms with Crippen LogP contribution in [0.15, 0.2) is 30.8 Å². The minimum Gasteiger partial charge on any atom is -0.115 e. The van der Waals surface area contributed by atoms with E-state index in [0.29, 0.717) is 5.92 Å². The van der Waals surface area contributed by atoms with E-state index in [1.807, 2.05) is 6.07 Å². The minimum atomic E-state index is 0.227. The maximum Gasteiger partial charge on any atom is 0.0246 e. The molecular formula is C16H20. The third kappa shape index (κ3) is 2.55. The van der Waals surface area contributed by atoms with Gasteiger partial charge in [-0.2, -0.15) is 0 Å². The highest BCUT2D eigenvalue weighted by Crippen LogP contribution is 2.37. The van der Waals surface area contributed by atoms with Crippen LogP contribution in [0.2, 0.25) is 0 Å². The molecule has 0 heteroatoms. The van der Waals surface area contributed by atoms with Gasteiger partial charge < -0.3 is 0 Å². The van der Waals surface area contributed by atoms with Crippen molar-refractivity contribution in [1.82, 2.24) is 0 Å². The fourth-order valence-corrected chi connectivity index (χ4v) is 1.69. The topological polar surface area (TPSA) is 0 Å². The van der Waals surface area contributed by atoms with Crippen molar-refractivity contribution in [2.24, 2.45) is 5.41 Å². The fraction of sp³-hybridized carbons (Fsp3) is 0.375. The van der Waals surface area contributed by atoms with Crippen molar-refractivity contribution < 1.29 is 0 Å². The number of benzene rings is 1. The predicted octanol–water partition coefficient (Wildman–Crippen LogP) is 4.48. The predicted molar refractivity (Wildman–Crippen MR) is 72.2 cm³/mol. The lowest BCUT2D eigenvalue weighted by molar-refractivity contribution is 0.339. The van der Waals surface area contributed by atoms with Gasteiger partial charge in [-0.3, -0.25) is 0 Å². The summed E-state index contributed by atoms with van der Waals surface area (Å²) in [6, 6.07) is 8.27. The highest BCUT2D eigenvalue weighted by atomic mass is 14.3. The summed E-state index contributed by atoms with van der Waals surface area (Å²) >= 11 is 0. The first kappa shape index (κ1) is 12.6. The summed E-state index contributed by atoms with van der Waals surface area (Å²) in [4.78, 5) is 0. The van der Waals surface area contributed by atoms with Gasteiger partial charge in [-0.1, -0.05) is 64.5 Å². The van der Waals surface area contributed by atoms with E-state index >= 15 is 0 Å². The largest absolute Gasteiger partial charge is 0.115 e. The van der Waals surface area contributed by atoms with Crippen molar-refractivity contribution in [1.29, 1.82) is 0 Å². The molecule has 0 saturated carbocycles. The fourth-order valence-electron chi connectivity index (χ4n) is 1.69. The van der Waals surface area contributed by atoms with Crippen molar-refractivity contribution in [3.63, 3.8) is 0 Å². The average molecular weight is 212 g/mol. The third-order valence-electron chi connectivity index (χ3n) is 3.23. The maximum absolute atomic E-state index is 5.43. The molecule has 84 valence electrons. The first-order chi connectivity index (χ1) is 7.38. The van der Waals surface area contributed by atoms with Crippen LogP contribution in [0.4, 0.5) is 0 Å². The Labute approximate surface area is 99.4 Å². The summed E-state index contributed by atoms with van der Waals surface area (Å²) < 4.78 is 0. The van der Waals surface area contributed by atoms with Crippen LogP contribution in [0, 0.1) is 17.8 Å². The molecule has 1 rings (SSSR count). The molecule has 0 amide bonds. The van der Waals surface area contributed by atoms with Gasteiger partial charge in [0.25, 0.3) is 0 Å². The highest BCUT2D eigenvalue weighted by Gasteiger charge is 2.23. The van der Waals surface area contributed by atoms with E-state index in [0.717, 1.165) is 11.1 Å². The first-order valence-corrected chi connectivity index (χ1v) is 5.62. The third-order valence-corrected chi connectivity index (χ3v) is 3.23. The molecule has 1 atom stereocenters. The Kier molecular flexibility index (Phi) is 3.60. The van der Waals surface area contributed by atoms with Crippen LogP contribution in [0.5, 0.6) is 0 Å². The molecule has 1 aromatic rings. The Bertz CT molecular complexity index is 424. The monoisotopic (exact) mass is 212 g/mol. The van der Waals surface area contributed by atoms with Crippen LogP contribution in [0.3, 0.4) is 0 Å². The van der Waals surface area contributed by atoms with E-state index in [1.165, 1.54) is 5.56 Å². The Morgan fingerprint density at radius 1 is 1.31 bits per heavy atom. The summed E-state index contributed by atoms with van der Waals surface area (Å²) in [7, 11) is 0. The van der Waals surface area contributed by atoms with E-state index in [4.69, 9.17) is 6.42 Å². The summed E-state index contributed by atoms with van der Waals surface area (Å²) in [6.45, 7) is 12.9. The molecule has 0 aromatic heterocycles. The molecule has 0 radical (unpaired) electrons. The highest BCUT2D eigenvalue weighted by molar-refractivity contribution is 5.78. The molecule has 0 nitrogen and oxygen atoms in total. The van der Waals surface area contributed by atoms with E-state index in [1.54, 1.807) is 0 Å². The molecule has 16 heavy (non-hydrogen) atoms. The Hall–Kier alpha value is -1.48. The zero-order valence-corrected chi connectivity index (χ0v) is 10.7. The van der Waals surface area contributed by atoms with E-state index in [-0.39, 0.29) is 5.41 Å². The van der Waals surface area contributed by atoms with Crippen molar-refractivity contribution in [2.45, 2.75) is 33.6 Å². The van der Waals surface area contributed by atoms with Gasteiger partial charge >= 0.3 is 0 Å². The average Bonchev–Trinajstić information content (AvgIpc) is 2.25. The van der Waals surface area contributed by atoms with Gasteiger partial charge in [0, 0.05) is 5.57 Å². The van der Waals surface area contributed by atoms with Crippen LogP contribution in [-0.2, 0) is 0 Å². The molecule has 0 aliphatic rings. The van der Waals surface area contributed by atoms with Crippen LogP contribution in [0.25, 0.3) is 5.57 Å². The second-order valence-corrected chi connectivity index (χ2v) is 5.30. The number of hydrogen-bond donors (Lipinski definition) is 0. The Balaban J connectivity index is 3.25. The van der Waals surface area contributed by atoms with Crippen LogP contribution in [-0.4, -0.2) is 0 Å². The SMILES string of the molecule is C#CC(=C)c1ccccc1C(C)C(C)(C)C. The molecule has 0 spiro atoms. The lowest BCUT2D eigenvalue weighted by Crippen LogP contribution is -2.16. The molecule has 0 N–H and O–H groups in total. The van der Waals surface area contributed by atoms with Crippen molar-refractivity contribution in [3.05, 3.63) is 42.0 Å². The number of terminal acetylenes is 1. The Morgan fingerprint density at radius 2 is 1.88 bits per heavy atom. The summed E-state index contributed by atoms with van der Waals surface area (Å²) in [6.07, 6.45) is 5.43. The van der Waals surface area contributed by atoms with Crippen LogP contribution >= 0.6 is 0 Å². The first-order valence-electron chi connectivity index (χ1n) is 5.62. The van der Waals surface area contributed by atoms with Gasteiger partial charge in [0.05, 0.1) is 0 Å². The van der Waals surface area contributed by atoms with E-state index < -0.39 is 0 Å². The molecule has 0 bridgehead atoms. The molecule has 0 aliphatic heterocycles. The quantitative estimate of drug-likeness (QED) is 0.634. The molecule has 0 heterocycles. The van der Waals surface area contributed by atoms with Crippen LogP contribution in [0.1, 0.15) is 44.7 Å². The number of hydrogen-bond acceptors (Lipinski definition) is 0. The molecule has 0 fully saturated rings. The number of allylic oxidation sites excluding steroid dienone is 1. The summed E-state index contributed by atoms with van der Waals surface area (Å²) in [5.74, 6) is 3.09. The van der Waals surface area contributed by atoms with Gasteiger partial charge in [0.2, 0.25) is 0 Å². The van der Waals surface area contributed by atoms with Crippen LogP contribution < -0.4 is 0 Å². The lowest BCUT2D eigenvalue weighted by atomic mass is 9.75. The maximum atomic E-state index is 5.43. The van der Waals surface area contributed by atoms with Gasteiger partial charge in [0.1, 0.15) is 0 Å². The second-order valence-electron chi connectivity index (χ2n) is 5.30. The van der Waals surface area contributed by atoms with Gasteiger partial charge in [0.15, 0.2) is 0 Å². The summed E-state index contributed by atoms with van der Waals surface area (Å²) in [5, 5.41) is 0. The zero-order chi connectivity index (χ0) is 12.3. The normalized spacial score (nSPS) is 12.9. The molecule has 1 aromatic carbocycles. The molecule has 1 unspecified atom stereocenters. The summed E-state index contributed by atoms with van der Waals surface area (Å²) in [5.41, 5.74) is 3.39. The molecular weight excluding hydrogens is 192 g/mol. The van der Waals surface area contributed by atoms with Gasteiger partial charge in [-0.15, -0.1) is 6.42 Å². The molecule has 0 aliphatic carbocycles. The minimum absolute atomic E-state index is 0.227. The molecule has 0 saturated heterocycles. The van der Waals surface area contributed by atoms with E-state index in [9.17, 15) is 0 Å². The van der Waals surface area contributed by atoms with Crippen molar-refractivity contribution in [3.8, 4) is 12.3 Å². The van der Waals surface area contributed by atoms with Gasteiger partial charge in [-0.05, 0) is 22.5 Å². The smallest absolute Gasteiger partial charge is 0.0246 e. The Morgan fingerprint density at radius 3 is 2.38 bits per heavy atom. The standard InChI is InChI=1S/C16H20/c1-7-12(2)14-10-8-9-11-15(14)13(3)16(4,5)6/h1,8-11,13H,2H2,3-6H3. The van der Waals surface area contributed by atoms with Crippen molar-refractivity contribution >= 4 is 5.57 Å². The van der Waals surface area contributed by atoms with E-state index in [2.05, 4.69) is 58.4 Å². The number of rotatable bonds is 2. The lowest BCUT2D eigenvalue weighted by Gasteiger charge is -2.29. The van der Waals surface area contributed by atoms with Gasteiger partial charge in [-0.25, -0.2) is 0 Å². The van der Waals surface area contributed by atoms with Crippen molar-refractivity contribution in [2.75, 3.05) is 0 Å². The zero-order valence-electron chi connectivity index (χ0n) is 10.7. The second kappa shape index (κ2) is 4.58.